The SMILES string of the molecule is CC(C(=O)NCC(=O)Nc1cccnc1)N1CCN(c2ccc(F)cc2)CC1. The molecule has 0 radical (unpaired) electrons. The number of hydrogen-bond acceptors (Lipinski definition) is 5. The molecule has 1 unspecified atom stereocenters. The van der Waals surface area contributed by atoms with Gasteiger partial charge in [-0.2, -0.15) is 0 Å². The Bertz CT molecular complexity index is 792. The van der Waals surface area contributed by atoms with Crippen LogP contribution in [0, 0.1) is 5.82 Å². The molecule has 1 aromatic heterocycles. The number of anilines is 2. The zero-order valence-corrected chi connectivity index (χ0v) is 15.8. The number of piperazine rings is 1. The van der Waals surface area contributed by atoms with Crippen LogP contribution in [0.4, 0.5) is 15.8 Å². The van der Waals surface area contributed by atoms with E-state index in [0.29, 0.717) is 18.8 Å². The highest BCUT2D eigenvalue weighted by molar-refractivity contribution is 5.95. The molecule has 1 saturated heterocycles. The van der Waals surface area contributed by atoms with Gasteiger partial charge in [-0.05, 0) is 43.3 Å². The lowest BCUT2D eigenvalue weighted by Crippen LogP contribution is -2.54. The van der Waals surface area contributed by atoms with E-state index < -0.39 is 0 Å². The number of carbonyl (C=O) groups excluding carboxylic acids is 2. The van der Waals surface area contributed by atoms with Gasteiger partial charge in [0, 0.05) is 38.1 Å². The van der Waals surface area contributed by atoms with Crippen molar-refractivity contribution in [1.82, 2.24) is 15.2 Å². The van der Waals surface area contributed by atoms with Crippen LogP contribution in [0.5, 0.6) is 0 Å². The van der Waals surface area contributed by atoms with E-state index in [2.05, 4.69) is 25.4 Å². The number of aromatic nitrogens is 1. The van der Waals surface area contributed by atoms with Gasteiger partial charge in [0.05, 0.1) is 24.5 Å². The van der Waals surface area contributed by atoms with Gasteiger partial charge in [0.25, 0.3) is 0 Å². The minimum absolute atomic E-state index is 0.0897. The lowest BCUT2D eigenvalue weighted by atomic mass is 10.2. The molecule has 2 aromatic rings. The maximum atomic E-state index is 13.1. The zero-order chi connectivity index (χ0) is 19.9. The van der Waals surface area contributed by atoms with E-state index >= 15 is 0 Å². The molecule has 0 spiro atoms. The van der Waals surface area contributed by atoms with Crippen molar-refractivity contribution in [3.05, 3.63) is 54.6 Å². The first-order valence-corrected chi connectivity index (χ1v) is 9.25. The van der Waals surface area contributed by atoms with E-state index in [4.69, 9.17) is 0 Å². The quantitative estimate of drug-likeness (QED) is 0.788. The van der Waals surface area contributed by atoms with Crippen LogP contribution in [0.2, 0.25) is 0 Å². The summed E-state index contributed by atoms with van der Waals surface area (Å²) in [4.78, 5) is 32.5. The van der Waals surface area contributed by atoms with Crippen LogP contribution in [0.25, 0.3) is 0 Å². The fraction of sp³-hybridized carbons (Fsp3) is 0.350. The minimum Gasteiger partial charge on any atom is -0.369 e. The summed E-state index contributed by atoms with van der Waals surface area (Å²) in [6, 6.07) is 9.56. The molecular formula is C20H24FN5O2. The number of halogens is 1. The average Bonchev–Trinajstić information content (AvgIpc) is 2.73. The second kappa shape index (κ2) is 9.27. The fourth-order valence-electron chi connectivity index (χ4n) is 3.14. The summed E-state index contributed by atoms with van der Waals surface area (Å²) in [7, 11) is 0. The van der Waals surface area contributed by atoms with Crippen molar-refractivity contribution in [2.75, 3.05) is 42.9 Å². The van der Waals surface area contributed by atoms with Crippen molar-refractivity contribution in [3.8, 4) is 0 Å². The third-order valence-corrected chi connectivity index (χ3v) is 4.80. The highest BCUT2D eigenvalue weighted by Gasteiger charge is 2.25. The summed E-state index contributed by atoms with van der Waals surface area (Å²) in [6.45, 7) is 4.69. The first-order chi connectivity index (χ1) is 13.5. The maximum absolute atomic E-state index is 13.1. The Morgan fingerprint density at radius 2 is 1.86 bits per heavy atom. The van der Waals surface area contributed by atoms with Gasteiger partial charge in [0.15, 0.2) is 0 Å². The molecule has 2 N–H and O–H groups in total. The van der Waals surface area contributed by atoms with Gasteiger partial charge in [0.2, 0.25) is 11.8 Å². The van der Waals surface area contributed by atoms with Crippen LogP contribution < -0.4 is 15.5 Å². The summed E-state index contributed by atoms with van der Waals surface area (Å²) in [5.41, 5.74) is 1.57. The second-order valence-corrected chi connectivity index (χ2v) is 6.68. The van der Waals surface area contributed by atoms with E-state index in [1.807, 2.05) is 6.92 Å². The Morgan fingerprint density at radius 1 is 1.14 bits per heavy atom. The number of pyridine rings is 1. The maximum Gasteiger partial charge on any atom is 0.243 e. The molecule has 1 aliphatic heterocycles. The molecule has 8 heteroatoms. The molecule has 3 rings (SSSR count). The highest BCUT2D eigenvalue weighted by Crippen LogP contribution is 2.17. The predicted octanol–water partition coefficient (Wildman–Crippen LogP) is 1.49. The summed E-state index contributed by atoms with van der Waals surface area (Å²) in [5, 5.41) is 5.36. The van der Waals surface area contributed by atoms with Crippen LogP contribution in [0.1, 0.15) is 6.92 Å². The Hall–Kier alpha value is -3.00. The molecule has 1 fully saturated rings. The molecule has 7 nitrogen and oxygen atoms in total. The molecule has 1 aromatic carbocycles. The number of nitrogens with zero attached hydrogens (tertiary/aromatic N) is 3. The van der Waals surface area contributed by atoms with Crippen LogP contribution in [-0.4, -0.2) is 60.5 Å². The Balaban J connectivity index is 1.42. The fourth-order valence-corrected chi connectivity index (χ4v) is 3.14. The number of rotatable bonds is 6. The number of carbonyl (C=O) groups is 2. The van der Waals surface area contributed by atoms with Crippen molar-refractivity contribution in [3.63, 3.8) is 0 Å². The molecule has 0 bridgehead atoms. The van der Waals surface area contributed by atoms with Crippen molar-refractivity contribution in [1.29, 1.82) is 0 Å². The van der Waals surface area contributed by atoms with Crippen molar-refractivity contribution in [2.45, 2.75) is 13.0 Å². The molecule has 0 saturated carbocycles. The average molecular weight is 385 g/mol. The van der Waals surface area contributed by atoms with Gasteiger partial charge in [-0.25, -0.2) is 4.39 Å². The first kappa shape index (κ1) is 19.8. The monoisotopic (exact) mass is 385 g/mol. The number of nitrogens with one attached hydrogen (secondary N) is 2. The van der Waals surface area contributed by atoms with E-state index in [1.165, 1.54) is 12.1 Å². The second-order valence-electron chi connectivity index (χ2n) is 6.68. The summed E-state index contributed by atoms with van der Waals surface area (Å²) >= 11 is 0. The van der Waals surface area contributed by atoms with Crippen molar-refractivity contribution < 1.29 is 14.0 Å². The summed E-state index contributed by atoms with van der Waals surface area (Å²) in [5.74, 6) is -0.730. The van der Waals surface area contributed by atoms with Crippen LogP contribution >= 0.6 is 0 Å². The van der Waals surface area contributed by atoms with E-state index in [-0.39, 0.29) is 30.2 Å². The Labute approximate surface area is 163 Å². The van der Waals surface area contributed by atoms with Crippen LogP contribution in [-0.2, 0) is 9.59 Å². The number of hydrogen-bond donors (Lipinski definition) is 2. The minimum atomic E-state index is -0.332. The van der Waals surface area contributed by atoms with E-state index in [9.17, 15) is 14.0 Å². The highest BCUT2D eigenvalue weighted by atomic mass is 19.1. The third-order valence-electron chi connectivity index (χ3n) is 4.80. The normalized spacial score (nSPS) is 15.7. The van der Waals surface area contributed by atoms with Gasteiger partial charge < -0.3 is 15.5 Å². The lowest BCUT2D eigenvalue weighted by molar-refractivity contribution is -0.128. The van der Waals surface area contributed by atoms with Crippen molar-refractivity contribution in [2.24, 2.45) is 0 Å². The van der Waals surface area contributed by atoms with E-state index in [1.54, 1.807) is 36.7 Å². The van der Waals surface area contributed by atoms with Gasteiger partial charge in [-0.1, -0.05) is 0 Å². The molecule has 1 atom stereocenters. The standard InChI is InChI=1S/C20H24FN5O2/c1-15(20(28)23-14-19(27)24-17-3-2-8-22-13-17)25-9-11-26(12-10-25)18-6-4-16(21)5-7-18/h2-8,13,15H,9-12,14H2,1H3,(H,23,28)(H,24,27). The van der Waals surface area contributed by atoms with Gasteiger partial charge in [0.1, 0.15) is 5.82 Å². The molecule has 0 aliphatic carbocycles. The Kier molecular flexibility index (Phi) is 6.54. The molecule has 2 heterocycles. The number of amides is 2. The summed E-state index contributed by atoms with van der Waals surface area (Å²) in [6.07, 6.45) is 3.16. The van der Waals surface area contributed by atoms with Gasteiger partial charge in [-0.3, -0.25) is 19.5 Å². The number of benzene rings is 1. The van der Waals surface area contributed by atoms with Crippen molar-refractivity contribution >= 4 is 23.2 Å². The molecule has 2 amide bonds. The largest absolute Gasteiger partial charge is 0.369 e. The van der Waals surface area contributed by atoms with Crippen LogP contribution in [0.15, 0.2) is 48.8 Å². The predicted molar refractivity (Wildman–Crippen MR) is 106 cm³/mol. The summed E-state index contributed by atoms with van der Waals surface area (Å²) < 4.78 is 13.1. The van der Waals surface area contributed by atoms with Gasteiger partial charge >= 0.3 is 0 Å². The molecular weight excluding hydrogens is 361 g/mol. The Morgan fingerprint density at radius 3 is 2.50 bits per heavy atom. The van der Waals surface area contributed by atoms with E-state index in [0.717, 1.165) is 18.8 Å². The first-order valence-electron chi connectivity index (χ1n) is 9.25. The molecule has 148 valence electrons. The molecule has 1 aliphatic rings. The molecule has 28 heavy (non-hydrogen) atoms. The third kappa shape index (κ3) is 5.26. The lowest BCUT2D eigenvalue weighted by Gasteiger charge is -2.38. The van der Waals surface area contributed by atoms with Gasteiger partial charge in [-0.15, -0.1) is 0 Å². The topological polar surface area (TPSA) is 77.6 Å². The zero-order valence-electron chi connectivity index (χ0n) is 15.8. The smallest absolute Gasteiger partial charge is 0.243 e. The van der Waals surface area contributed by atoms with Crippen LogP contribution in [0.3, 0.4) is 0 Å².